The van der Waals surface area contributed by atoms with Crippen LogP contribution in [0.4, 0.5) is 36.2 Å². The lowest BCUT2D eigenvalue weighted by atomic mass is 9.98. The van der Waals surface area contributed by atoms with Gasteiger partial charge >= 0.3 is 6.18 Å². The Bertz CT molecular complexity index is 1660. The van der Waals surface area contributed by atoms with Gasteiger partial charge in [0.25, 0.3) is 0 Å². The number of aryl methyl sites for hydroxylation is 2. The van der Waals surface area contributed by atoms with Gasteiger partial charge < -0.3 is 25.2 Å². The van der Waals surface area contributed by atoms with Gasteiger partial charge in [-0.1, -0.05) is 12.1 Å². The number of methoxy groups -OCH3 is 1. The fraction of sp³-hybridized carbons (Fsp3) is 0.541. The number of halogens is 3. The highest BCUT2D eigenvalue weighted by atomic mass is 19.4. The van der Waals surface area contributed by atoms with Crippen molar-refractivity contribution in [2.24, 2.45) is 0 Å². The summed E-state index contributed by atoms with van der Waals surface area (Å²) in [6, 6.07) is 12.6. The monoisotopic (exact) mass is 692 g/mol. The molecule has 268 valence electrons. The second kappa shape index (κ2) is 14.7. The Hall–Kier alpha value is -3.94. The van der Waals surface area contributed by atoms with Crippen LogP contribution in [0.15, 0.2) is 42.6 Å². The lowest BCUT2D eigenvalue weighted by Crippen LogP contribution is -2.56. The number of alkyl halides is 3. The number of carbonyl (C=O) groups excluding carboxylic acids is 1. The summed E-state index contributed by atoms with van der Waals surface area (Å²) in [5.74, 6) is 0.510. The second-order valence-electron chi connectivity index (χ2n) is 14.1. The van der Waals surface area contributed by atoms with Crippen molar-refractivity contribution in [3.05, 3.63) is 65.0 Å². The maximum atomic E-state index is 14.0. The van der Waals surface area contributed by atoms with Gasteiger partial charge in [0.1, 0.15) is 5.75 Å². The van der Waals surface area contributed by atoms with E-state index in [2.05, 4.69) is 47.2 Å². The van der Waals surface area contributed by atoms with Crippen LogP contribution in [0, 0.1) is 0 Å². The summed E-state index contributed by atoms with van der Waals surface area (Å²) in [5, 5.41) is 5.89. The molecule has 4 aliphatic rings. The molecule has 10 nitrogen and oxygen atoms in total. The zero-order valence-corrected chi connectivity index (χ0v) is 28.9. The minimum Gasteiger partial charge on any atom is -0.494 e. The Morgan fingerprint density at radius 1 is 0.920 bits per heavy atom. The predicted octanol–water partition coefficient (Wildman–Crippen LogP) is 5.21. The van der Waals surface area contributed by atoms with Crippen LogP contribution in [0.2, 0.25) is 0 Å². The number of aromatic nitrogens is 2. The Morgan fingerprint density at radius 2 is 1.60 bits per heavy atom. The minimum absolute atomic E-state index is 0.0384. The third kappa shape index (κ3) is 7.69. The topological polar surface area (TPSA) is 89.1 Å². The van der Waals surface area contributed by atoms with Crippen LogP contribution in [0.1, 0.15) is 48.1 Å². The number of amides is 1. The number of rotatable bonds is 9. The van der Waals surface area contributed by atoms with Crippen LogP contribution in [0.25, 0.3) is 0 Å². The van der Waals surface area contributed by atoms with Gasteiger partial charge in [0, 0.05) is 75.0 Å². The largest absolute Gasteiger partial charge is 0.494 e. The molecule has 3 fully saturated rings. The summed E-state index contributed by atoms with van der Waals surface area (Å²) >= 11 is 0. The van der Waals surface area contributed by atoms with Crippen molar-refractivity contribution >= 4 is 28.9 Å². The predicted molar refractivity (Wildman–Crippen MR) is 188 cm³/mol. The van der Waals surface area contributed by atoms with Crippen molar-refractivity contribution < 1.29 is 22.7 Å². The first-order valence-corrected chi connectivity index (χ1v) is 17.8. The SMILES string of the molecule is COc1cc(N2CCC(N3CCN(C4CCN(C)CC4)CC3)CC2)ccc1Nc1ncc(C(F)(F)F)c(CCc2cccc3c2CC(=O)N3)n1. The molecule has 13 heteroatoms. The van der Waals surface area contributed by atoms with Gasteiger partial charge in [-0.05, 0) is 88.0 Å². The van der Waals surface area contributed by atoms with Crippen LogP contribution in [0.3, 0.4) is 0 Å². The zero-order valence-electron chi connectivity index (χ0n) is 28.9. The molecule has 0 atom stereocenters. The maximum Gasteiger partial charge on any atom is 0.419 e. The first-order valence-electron chi connectivity index (χ1n) is 17.8. The van der Waals surface area contributed by atoms with Crippen LogP contribution < -0.4 is 20.3 Å². The number of ether oxygens (including phenoxy) is 1. The van der Waals surface area contributed by atoms with E-state index in [0.29, 0.717) is 29.6 Å². The fourth-order valence-electron chi connectivity index (χ4n) is 8.12. The van der Waals surface area contributed by atoms with Crippen molar-refractivity contribution in [3.8, 4) is 5.75 Å². The van der Waals surface area contributed by atoms with Crippen molar-refractivity contribution in [1.82, 2.24) is 24.7 Å². The van der Waals surface area contributed by atoms with Gasteiger partial charge in [-0.2, -0.15) is 13.2 Å². The van der Waals surface area contributed by atoms with Gasteiger partial charge in [0.15, 0.2) is 0 Å². The van der Waals surface area contributed by atoms with Crippen molar-refractivity contribution in [2.75, 3.05) is 82.0 Å². The standard InChI is InChI=1S/C37H47F3N8O2/c1-45-14-10-26(11-15-45)47-18-20-48(21-19-47)27-12-16-46(17-13-27)28-7-9-33(34(22-28)50-2)44-36-41-24-30(37(38,39)40)32(43-36)8-6-25-4-3-5-31-29(25)23-35(49)42-31/h3-5,7,9,22,24,26-27H,6,8,10-21,23H2,1-2H3,(H,42,49)(H,41,43,44). The lowest BCUT2D eigenvalue weighted by Gasteiger charge is -2.46. The van der Waals surface area contributed by atoms with Gasteiger partial charge in [0.05, 0.1) is 30.5 Å². The van der Waals surface area contributed by atoms with Crippen LogP contribution >= 0.6 is 0 Å². The molecule has 2 aromatic carbocycles. The quantitative estimate of drug-likeness (QED) is 0.314. The number of nitrogens with zero attached hydrogens (tertiary/aromatic N) is 6. The Labute approximate surface area is 292 Å². The number of nitrogens with one attached hydrogen (secondary N) is 2. The molecule has 0 spiro atoms. The van der Waals surface area contributed by atoms with Crippen molar-refractivity contribution in [2.45, 2.75) is 63.2 Å². The highest BCUT2D eigenvalue weighted by Crippen LogP contribution is 2.36. The fourth-order valence-corrected chi connectivity index (χ4v) is 8.12. The van der Waals surface area contributed by atoms with E-state index < -0.39 is 11.7 Å². The van der Waals surface area contributed by atoms with E-state index in [-0.39, 0.29) is 30.4 Å². The molecule has 5 heterocycles. The first-order chi connectivity index (χ1) is 24.1. The summed E-state index contributed by atoms with van der Waals surface area (Å²) in [4.78, 5) is 30.5. The van der Waals surface area contributed by atoms with Crippen LogP contribution in [-0.2, 0) is 30.2 Å². The molecule has 0 unspecified atom stereocenters. The number of anilines is 4. The number of hydrogen-bond acceptors (Lipinski definition) is 9. The van der Waals surface area contributed by atoms with Gasteiger partial charge in [0.2, 0.25) is 11.9 Å². The van der Waals surface area contributed by atoms with E-state index in [0.717, 1.165) is 68.1 Å². The molecular formula is C37H47F3N8O2. The van der Waals surface area contributed by atoms with E-state index in [1.807, 2.05) is 24.3 Å². The molecule has 2 N–H and O–H groups in total. The molecule has 0 aliphatic carbocycles. The molecular weight excluding hydrogens is 645 g/mol. The highest BCUT2D eigenvalue weighted by molar-refractivity contribution is 5.99. The number of benzene rings is 2. The van der Waals surface area contributed by atoms with Gasteiger partial charge in [-0.25, -0.2) is 9.97 Å². The third-order valence-electron chi connectivity index (χ3n) is 11.0. The van der Waals surface area contributed by atoms with Gasteiger partial charge in [-0.3, -0.25) is 14.6 Å². The number of hydrogen-bond donors (Lipinski definition) is 2. The van der Waals surface area contributed by atoms with E-state index in [1.54, 1.807) is 19.2 Å². The number of likely N-dealkylation sites (tertiary alicyclic amines) is 1. The molecule has 3 aromatic rings. The molecule has 50 heavy (non-hydrogen) atoms. The van der Waals surface area contributed by atoms with E-state index in [9.17, 15) is 18.0 Å². The highest BCUT2D eigenvalue weighted by Gasteiger charge is 2.35. The molecule has 0 radical (unpaired) electrons. The molecule has 7 rings (SSSR count). The van der Waals surface area contributed by atoms with Crippen molar-refractivity contribution in [3.63, 3.8) is 0 Å². The Kier molecular flexibility index (Phi) is 10.2. The van der Waals surface area contributed by atoms with Crippen molar-refractivity contribution in [1.29, 1.82) is 0 Å². The lowest BCUT2D eigenvalue weighted by molar-refractivity contribution is -0.138. The minimum atomic E-state index is -4.60. The molecule has 3 saturated heterocycles. The molecule has 1 aromatic heterocycles. The van der Waals surface area contributed by atoms with E-state index in [4.69, 9.17) is 4.74 Å². The van der Waals surface area contributed by atoms with Gasteiger partial charge in [-0.15, -0.1) is 0 Å². The van der Waals surface area contributed by atoms with E-state index in [1.165, 1.54) is 39.0 Å². The molecule has 1 amide bonds. The maximum absolute atomic E-state index is 14.0. The molecule has 4 aliphatic heterocycles. The van der Waals surface area contributed by atoms with Crippen LogP contribution in [-0.4, -0.2) is 109 Å². The number of piperidine rings is 2. The Morgan fingerprint density at radius 3 is 2.26 bits per heavy atom. The average molecular weight is 693 g/mol. The second-order valence-corrected chi connectivity index (χ2v) is 14.1. The first kappa shape index (κ1) is 34.5. The van der Waals surface area contributed by atoms with Crippen LogP contribution in [0.5, 0.6) is 5.75 Å². The number of fused-ring (bicyclic) bond motifs is 1. The van der Waals surface area contributed by atoms with E-state index >= 15 is 0 Å². The molecule has 0 saturated carbocycles. The summed E-state index contributed by atoms with van der Waals surface area (Å²) in [6.45, 7) is 8.94. The number of carbonyl (C=O) groups is 1. The molecule has 0 bridgehead atoms. The smallest absolute Gasteiger partial charge is 0.419 e. The average Bonchev–Trinajstić information content (AvgIpc) is 3.52. The zero-order chi connectivity index (χ0) is 34.8. The third-order valence-corrected chi connectivity index (χ3v) is 11.0. The number of piperazine rings is 1. The summed E-state index contributed by atoms with van der Waals surface area (Å²) in [6.07, 6.45) is 1.58. The Balaban J connectivity index is 0.971. The summed E-state index contributed by atoms with van der Waals surface area (Å²) < 4.78 is 47.7. The summed E-state index contributed by atoms with van der Waals surface area (Å²) in [7, 11) is 3.80. The summed E-state index contributed by atoms with van der Waals surface area (Å²) in [5.41, 5.74) is 3.02. The normalized spacial score (nSPS) is 20.2.